The van der Waals surface area contributed by atoms with Crippen molar-refractivity contribution in [2.45, 2.75) is 20.3 Å². The lowest BCUT2D eigenvalue weighted by molar-refractivity contribution is 0.0902. The number of pyridine rings is 1. The van der Waals surface area contributed by atoms with E-state index in [2.05, 4.69) is 36.7 Å². The fourth-order valence-electron chi connectivity index (χ4n) is 3.88. The lowest BCUT2D eigenvalue weighted by Gasteiger charge is -2.11. The number of aryl methyl sites for hydroxylation is 2. The maximum atomic E-state index is 12.9. The number of aromatic nitrogens is 1. The van der Waals surface area contributed by atoms with E-state index in [1.807, 2.05) is 12.1 Å². The molecule has 2 aromatic heterocycles. The Morgan fingerprint density at radius 3 is 2.56 bits per heavy atom. The van der Waals surface area contributed by atoms with E-state index in [1.165, 1.54) is 24.5 Å². The summed E-state index contributed by atoms with van der Waals surface area (Å²) < 4.78 is 11.7. The number of ketones is 1. The smallest absolute Gasteiger partial charge is 0.251 e. The minimum Gasteiger partial charge on any atom is -0.493 e. The molecule has 0 saturated carbocycles. The van der Waals surface area contributed by atoms with Crippen LogP contribution < -0.4 is 14.8 Å². The third-order valence-electron chi connectivity index (χ3n) is 5.75. The van der Waals surface area contributed by atoms with Crippen LogP contribution in [0.25, 0.3) is 21.3 Å². The topological polar surface area (TPSA) is 77.5 Å². The number of thiophene rings is 1. The number of carbonyl (C=O) groups excluding carboxylic acids is 2. The first kappa shape index (κ1) is 23.4. The molecule has 0 saturated heterocycles. The van der Waals surface area contributed by atoms with Crippen LogP contribution in [-0.2, 0) is 6.42 Å². The number of Topliss-reactive ketones (excluding diaryl/α,β-unsaturated/α-hetero) is 1. The quantitative estimate of drug-likeness (QED) is 0.343. The van der Waals surface area contributed by atoms with Crippen molar-refractivity contribution in [1.29, 1.82) is 0 Å². The predicted molar refractivity (Wildman–Crippen MR) is 135 cm³/mol. The summed E-state index contributed by atoms with van der Waals surface area (Å²) in [7, 11) is 3.03. The molecule has 0 bridgehead atoms. The average Bonchev–Trinajstić information content (AvgIpc) is 3.31. The first-order chi connectivity index (χ1) is 16.5. The Kier molecular flexibility index (Phi) is 6.93. The number of amides is 1. The molecule has 0 aliphatic rings. The third-order valence-corrected chi connectivity index (χ3v) is 6.88. The van der Waals surface area contributed by atoms with Gasteiger partial charge in [0.05, 0.1) is 26.5 Å². The summed E-state index contributed by atoms with van der Waals surface area (Å²) in [6, 6.07) is 14.8. The number of nitrogens with one attached hydrogen (secondary N) is 1. The van der Waals surface area contributed by atoms with Gasteiger partial charge in [0, 0.05) is 26.6 Å². The number of hydrogen-bond acceptors (Lipinski definition) is 6. The summed E-state index contributed by atoms with van der Waals surface area (Å²) in [4.78, 5) is 30.3. The van der Waals surface area contributed by atoms with Crippen molar-refractivity contribution in [2.75, 3.05) is 20.8 Å². The molecule has 1 amide bonds. The first-order valence-corrected chi connectivity index (χ1v) is 11.8. The van der Waals surface area contributed by atoms with Crippen molar-refractivity contribution in [2.24, 2.45) is 0 Å². The van der Waals surface area contributed by atoms with Crippen molar-refractivity contribution in [3.63, 3.8) is 0 Å². The van der Waals surface area contributed by atoms with Gasteiger partial charge in [-0.3, -0.25) is 9.59 Å². The number of carbonyl (C=O) groups is 2. The Labute approximate surface area is 202 Å². The molecule has 2 aromatic carbocycles. The van der Waals surface area contributed by atoms with Gasteiger partial charge in [-0.1, -0.05) is 31.2 Å². The van der Waals surface area contributed by atoms with Crippen molar-refractivity contribution in [3.8, 4) is 22.8 Å². The molecule has 4 rings (SSSR count). The summed E-state index contributed by atoms with van der Waals surface area (Å²) in [6.45, 7) is 4.01. The van der Waals surface area contributed by atoms with E-state index in [0.717, 1.165) is 28.6 Å². The number of hydrogen-bond donors (Lipinski definition) is 1. The Morgan fingerprint density at radius 2 is 1.82 bits per heavy atom. The standard InChI is InChI=1S/C27H26N2O4S/c1-5-17-9-11-21(29-25(17)20-15-34-26-16(2)7-6-8-19(20)26)22(30)14-28-27(31)18-10-12-23(32-3)24(13-18)33-4/h6-13,15H,5,14H2,1-4H3,(H,28,31). The van der Waals surface area contributed by atoms with E-state index in [9.17, 15) is 9.59 Å². The Bertz CT molecular complexity index is 1380. The normalized spacial score (nSPS) is 10.8. The van der Waals surface area contributed by atoms with Crippen LogP contribution in [-0.4, -0.2) is 37.4 Å². The lowest BCUT2D eigenvalue weighted by Crippen LogP contribution is -2.30. The molecule has 0 spiro atoms. The fourth-order valence-corrected chi connectivity index (χ4v) is 4.91. The van der Waals surface area contributed by atoms with Gasteiger partial charge in [-0.15, -0.1) is 11.3 Å². The molecule has 7 heteroatoms. The summed E-state index contributed by atoms with van der Waals surface area (Å²) in [5.74, 6) is 0.340. The molecule has 1 N–H and O–H groups in total. The second kappa shape index (κ2) is 10.1. The van der Waals surface area contributed by atoms with E-state index >= 15 is 0 Å². The molecular formula is C27H26N2O4S. The molecule has 0 atom stereocenters. The second-order valence-corrected chi connectivity index (χ2v) is 8.71. The van der Waals surface area contributed by atoms with Crippen LogP contribution in [0.4, 0.5) is 0 Å². The van der Waals surface area contributed by atoms with Crippen molar-refractivity contribution in [1.82, 2.24) is 10.3 Å². The molecule has 0 aliphatic carbocycles. The number of rotatable bonds is 8. The number of methoxy groups -OCH3 is 2. The van der Waals surface area contributed by atoms with E-state index in [1.54, 1.807) is 35.6 Å². The van der Waals surface area contributed by atoms with Crippen LogP contribution in [0.2, 0.25) is 0 Å². The highest BCUT2D eigenvalue weighted by Crippen LogP contribution is 2.36. The Hall–Kier alpha value is -3.71. The Morgan fingerprint density at radius 1 is 1.03 bits per heavy atom. The maximum absolute atomic E-state index is 12.9. The number of ether oxygens (including phenoxy) is 2. The third kappa shape index (κ3) is 4.52. The van der Waals surface area contributed by atoms with Crippen molar-refractivity contribution in [3.05, 3.63) is 76.3 Å². The van der Waals surface area contributed by atoms with Gasteiger partial charge in [-0.2, -0.15) is 0 Å². The number of nitrogens with zero attached hydrogens (tertiary/aromatic N) is 1. The first-order valence-electron chi connectivity index (χ1n) is 11.0. The van der Waals surface area contributed by atoms with Gasteiger partial charge in [-0.05, 0) is 48.7 Å². The van der Waals surface area contributed by atoms with Crippen LogP contribution in [0.15, 0.2) is 53.9 Å². The predicted octanol–water partition coefficient (Wildman–Crippen LogP) is 5.46. The van der Waals surface area contributed by atoms with Gasteiger partial charge in [0.1, 0.15) is 5.69 Å². The molecule has 2 heterocycles. The largest absolute Gasteiger partial charge is 0.493 e. The summed E-state index contributed by atoms with van der Waals surface area (Å²) in [5.41, 5.74) is 4.84. The second-order valence-electron chi connectivity index (χ2n) is 7.83. The van der Waals surface area contributed by atoms with Crippen LogP contribution in [0.5, 0.6) is 11.5 Å². The van der Waals surface area contributed by atoms with E-state index in [0.29, 0.717) is 22.8 Å². The SMILES string of the molecule is CCc1ccc(C(=O)CNC(=O)c2ccc(OC)c(OC)c2)nc1-c1csc2c(C)cccc12. The highest BCUT2D eigenvalue weighted by Gasteiger charge is 2.17. The van der Waals surface area contributed by atoms with Gasteiger partial charge in [0.15, 0.2) is 17.3 Å². The molecule has 6 nitrogen and oxygen atoms in total. The van der Waals surface area contributed by atoms with E-state index < -0.39 is 0 Å². The van der Waals surface area contributed by atoms with Crippen LogP contribution in [0.3, 0.4) is 0 Å². The molecule has 0 radical (unpaired) electrons. The molecule has 0 aliphatic heterocycles. The number of benzene rings is 2. The van der Waals surface area contributed by atoms with E-state index in [4.69, 9.17) is 14.5 Å². The average molecular weight is 475 g/mol. The van der Waals surface area contributed by atoms with Gasteiger partial charge >= 0.3 is 0 Å². The molecule has 34 heavy (non-hydrogen) atoms. The molecule has 4 aromatic rings. The van der Waals surface area contributed by atoms with Crippen LogP contribution >= 0.6 is 11.3 Å². The lowest BCUT2D eigenvalue weighted by atomic mass is 10.0. The summed E-state index contributed by atoms with van der Waals surface area (Å²) in [5, 5.41) is 5.92. The molecule has 0 fully saturated rings. The van der Waals surface area contributed by atoms with Gasteiger partial charge in [0.25, 0.3) is 5.91 Å². The minimum atomic E-state index is -0.376. The molecule has 0 unspecified atom stereocenters. The monoisotopic (exact) mass is 474 g/mol. The minimum absolute atomic E-state index is 0.158. The van der Waals surface area contributed by atoms with Crippen LogP contribution in [0.1, 0.15) is 38.9 Å². The maximum Gasteiger partial charge on any atom is 0.251 e. The zero-order valence-corrected chi connectivity index (χ0v) is 20.4. The summed E-state index contributed by atoms with van der Waals surface area (Å²) in [6.07, 6.45) is 0.802. The van der Waals surface area contributed by atoms with Gasteiger partial charge < -0.3 is 14.8 Å². The molecule has 174 valence electrons. The fraction of sp³-hybridized carbons (Fsp3) is 0.222. The molecular weight excluding hydrogens is 448 g/mol. The van der Waals surface area contributed by atoms with E-state index in [-0.39, 0.29) is 18.2 Å². The summed E-state index contributed by atoms with van der Waals surface area (Å²) >= 11 is 1.69. The Balaban J connectivity index is 1.56. The highest BCUT2D eigenvalue weighted by atomic mass is 32.1. The van der Waals surface area contributed by atoms with Crippen molar-refractivity contribution >= 4 is 33.1 Å². The highest BCUT2D eigenvalue weighted by molar-refractivity contribution is 7.18. The van der Waals surface area contributed by atoms with Gasteiger partial charge in [-0.25, -0.2) is 4.98 Å². The zero-order chi connectivity index (χ0) is 24.2. The number of fused-ring (bicyclic) bond motifs is 1. The van der Waals surface area contributed by atoms with Gasteiger partial charge in [0.2, 0.25) is 0 Å². The zero-order valence-electron chi connectivity index (χ0n) is 19.6. The van der Waals surface area contributed by atoms with Crippen molar-refractivity contribution < 1.29 is 19.1 Å². The van der Waals surface area contributed by atoms with Crippen LogP contribution in [0, 0.1) is 6.92 Å².